The third kappa shape index (κ3) is 7.07. The van der Waals surface area contributed by atoms with Gasteiger partial charge in [-0.15, -0.1) is 0 Å². The molecule has 0 bridgehead atoms. The van der Waals surface area contributed by atoms with Gasteiger partial charge in [-0.3, -0.25) is 9.69 Å². The number of piperidine rings is 1. The minimum atomic E-state index is -0.355. The second kappa shape index (κ2) is 13.2. The van der Waals surface area contributed by atoms with Crippen LogP contribution in [0.25, 0.3) is 22.9 Å². The number of amides is 1. The molecule has 0 radical (unpaired) electrons. The number of fused-ring (bicyclic) bond motifs is 1. The lowest BCUT2D eigenvalue weighted by atomic mass is 9.90. The minimum Gasteiger partial charge on any atom is -0.481 e. The van der Waals surface area contributed by atoms with Gasteiger partial charge in [-0.25, -0.2) is 9.50 Å². The molecule has 0 unspecified atom stereocenters. The Bertz CT molecular complexity index is 1280. The second-order valence-corrected chi connectivity index (χ2v) is 11.6. The SMILES string of the molecule is COc1ccc(-c2nn3cc(CCC(C)C)c(C(N)=O)c(CCC(C)C)c3c2C=CCN2CCCCC2)cn1. The van der Waals surface area contributed by atoms with Gasteiger partial charge in [-0.1, -0.05) is 46.3 Å². The number of carbonyl (C=O) groups is 1. The number of methoxy groups -OCH3 is 1. The number of hydrogen-bond acceptors (Lipinski definition) is 5. The van der Waals surface area contributed by atoms with Crippen LogP contribution < -0.4 is 10.5 Å². The van der Waals surface area contributed by atoms with Crippen molar-refractivity contribution in [2.75, 3.05) is 26.7 Å². The van der Waals surface area contributed by atoms with Crippen LogP contribution in [0.1, 0.15) is 86.8 Å². The fourth-order valence-electron chi connectivity index (χ4n) is 5.46. The first-order valence-electron chi connectivity index (χ1n) is 14.5. The Morgan fingerprint density at radius 1 is 1.08 bits per heavy atom. The monoisotopic (exact) mass is 531 g/mol. The molecule has 210 valence electrons. The van der Waals surface area contributed by atoms with Crippen molar-refractivity contribution in [3.63, 3.8) is 0 Å². The van der Waals surface area contributed by atoms with Crippen LogP contribution in [0.4, 0.5) is 0 Å². The van der Waals surface area contributed by atoms with Crippen LogP contribution in [-0.2, 0) is 12.8 Å². The molecule has 4 rings (SSSR count). The van der Waals surface area contributed by atoms with Gasteiger partial charge in [0.15, 0.2) is 0 Å². The number of nitrogens with two attached hydrogens (primary N) is 1. The standard InChI is InChI=1S/C32H45N5O2/c1-22(2)11-13-25-21-37-31(26(15-12-23(3)4)29(25)32(33)38)27(10-9-19-36-17-7-6-8-18-36)30(35-37)24-14-16-28(39-5)34-20-24/h9-10,14,16,20-23H,6-8,11-13,15,17-19H2,1-5H3,(H2,33,38). The van der Waals surface area contributed by atoms with Gasteiger partial charge < -0.3 is 10.5 Å². The number of rotatable bonds is 12. The lowest BCUT2D eigenvalue weighted by molar-refractivity contribution is 0.0998. The molecule has 4 heterocycles. The fraction of sp³-hybridized carbons (Fsp3) is 0.531. The van der Waals surface area contributed by atoms with Gasteiger partial charge >= 0.3 is 0 Å². The largest absolute Gasteiger partial charge is 0.481 e. The minimum absolute atomic E-state index is 0.355. The molecule has 3 aromatic heterocycles. The van der Waals surface area contributed by atoms with E-state index < -0.39 is 0 Å². The molecule has 0 aliphatic carbocycles. The summed E-state index contributed by atoms with van der Waals surface area (Å²) in [6.45, 7) is 12.0. The molecule has 1 saturated heterocycles. The van der Waals surface area contributed by atoms with E-state index in [-0.39, 0.29) is 5.91 Å². The molecular formula is C32H45N5O2. The normalized spacial score (nSPS) is 14.7. The van der Waals surface area contributed by atoms with E-state index in [1.54, 1.807) is 7.11 Å². The molecule has 7 heteroatoms. The summed E-state index contributed by atoms with van der Waals surface area (Å²) in [5, 5.41) is 5.10. The lowest BCUT2D eigenvalue weighted by Crippen LogP contribution is -2.29. The summed E-state index contributed by atoms with van der Waals surface area (Å²) in [4.78, 5) is 20.0. The summed E-state index contributed by atoms with van der Waals surface area (Å²) in [5.74, 6) is 1.23. The maximum Gasteiger partial charge on any atom is 0.249 e. The summed E-state index contributed by atoms with van der Waals surface area (Å²) in [6.07, 6.45) is 15.6. The third-order valence-electron chi connectivity index (χ3n) is 7.66. The van der Waals surface area contributed by atoms with Crippen LogP contribution >= 0.6 is 0 Å². The zero-order chi connectivity index (χ0) is 27.9. The van der Waals surface area contributed by atoms with Gasteiger partial charge in [0.05, 0.1) is 12.6 Å². The molecule has 0 aromatic carbocycles. The van der Waals surface area contributed by atoms with Gasteiger partial charge in [0.2, 0.25) is 11.8 Å². The molecule has 0 saturated carbocycles. The number of pyridine rings is 2. The quantitative estimate of drug-likeness (QED) is 0.302. The van der Waals surface area contributed by atoms with E-state index >= 15 is 0 Å². The molecule has 7 nitrogen and oxygen atoms in total. The Morgan fingerprint density at radius 3 is 2.41 bits per heavy atom. The highest BCUT2D eigenvalue weighted by Gasteiger charge is 2.24. The fourth-order valence-corrected chi connectivity index (χ4v) is 5.46. The highest BCUT2D eigenvalue weighted by Crippen LogP contribution is 2.34. The average molecular weight is 532 g/mol. The zero-order valence-corrected chi connectivity index (χ0v) is 24.4. The molecule has 39 heavy (non-hydrogen) atoms. The van der Waals surface area contributed by atoms with Crippen LogP contribution in [0.5, 0.6) is 5.88 Å². The molecular weight excluding hydrogens is 486 g/mol. The molecule has 1 aliphatic rings. The predicted molar refractivity (Wildman–Crippen MR) is 159 cm³/mol. The van der Waals surface area contributed by atoms with Gasteiger partial charge in [0.25, 0.3) is 0 Å². The van der Waals surface area contributed by atoms with Gasteiger partial charge in [-0.2, -0.15) is 5.10 Å². The summed E-state index contributed by atoms with van der Waals surface area (Å²) < 4.78 is 7.28. The van der Waals surface area contributed by atoms with Crippen LogP contribution in [0.2, 0.25) is 0 Å². The van der Waals surface area contributed by atoms with Crippen molar-refractivity contribution in [2.45, 2.75) is 72.6 Å². The van der Waals surface area contributed by atoms with Crippen molar-refractivity contribution < 1.29 is 9.53 Å². The van der Waals surface area contributed by atoms with E-state index in [2.05, 4.69) is 49.7 Å². The number of aromatic nitrogens is 3. The van der Waals surface area contributed by atoms with Crippen LogP contribution in [0.15, 0.2) is 30.6 Å². The Balaban J connectivity index is 1.91. The molecule has 3 aromatic rings. The highest BCUT2D eigenvalue weighted by atomic mass is 16.5. The summed E-state index contributed by atoms with van der Waals surface area (Å²) in [5.41, 5.74) is 12.5. The van der Waals surface area contributed by atoms with Crippen molar-refractivity contribution in [3.05, 3.63) is 52.9 Å². The zero-order valence-electron chi connectivity index (χ0n) is 24.4. The average Bonchev–Trinajstić information content (AvgIpc) is 3.28. The molecule has 1 aliphatic heterocycles. The van der Waals surface area contributed by atoms with Gasteiger partial charge in [0.1, 0.15) is 5.69 Å². The van der Waals surface area contributed by atoms with E-state index in [0.29, 0.717) is 23.3 Å². The number of nitrogens with zero attached hydrogens (tertiary/aromatic N) is 4. The summed E-state index contributed by atoms with van der Waals surface area (Å²) in [6, 6.07) is 3.86. The first kappa shape index (κ1) is 28.8. The topological polar surface area (TPSA) is 85.8 Å². The van der Waals surface area contributed by atoms with Gasteiger partial charge in [-0.05, 0) is 80.6 Å². The highest BCUT2D eigenvalue weighted by molar-refractivity contribution is 5.99. The Hall–Kier alpha value is -3.19. The Labute approximate surface area is 233 Å². The first-order valence-corrected chi connectivity index (χ1v) is 14.5. The second-order valence-electron chi connectivity index (χ2n) is 11.6. The van der Waals surface area contributed by atoms with E-state index in [1.165, 1.54) is 19.3 Å². The van der Waals surface area contributed by atoms with Crippen molar-refractivity contribution in [3.8, 4) is 17.1 Å². The predicted octanol–water partition coefficient (Wildman–Crippen LogP) is 6.18. The Kier molecular flexibility index (Phi) is 9.78. The summed E-state index contributed by atoms with van der Waals surface area (Å²) >= 11 is 0. The molecule has 0 atom stereocenters. The number of likely N-dealkylation sites (tertiary alicyclic amines) is 1. The van der Waals surface area contributed by atoms with Crippen molar-refractivity contribution in [2.24, 2.45) is 17.6 Å². The van der Waals surface area contributed by atoms with Crippen LogP contribution in [0, 0.1) is 11.8 Å². The van der Waals surface area contributed by atoms with Crippen LogP contribution in [0.3, 0.4) is 0 Å². The maximum absolute atomic E-state index is 13.0. The number of ether oxygens (including phenoxy) is 1. The van der Waals surface area contributed by atoms with E-state index in [4.69, 9.17) is 15.6 Å². The smallest absolute Gasteiger partial charge is 0.249 e. The van der Waals surface area contributed by atoms with E-state index in [9.17, 15) is 4.79 Å². The van der Waals surface area contributed by atoms with Gasteiger partial charge in [0, 0.05) is 41.7 Å². The number of hydrogen-bond donors (Lipinski definition) is 1. The van der Waals surface area contributed by atoms with Crippen molar-refractivity contribution in [1.82, 2.24) is 19.5 Å². The van der Waals surface area contributed by atoms with Crippen molar-refractivity contribution in [1.29, 1.82) is 0 Å². The molecule has 2 N–H and O–H groups in total. The molecule has 1 fully saturated rings. The lowest BCUT2D eigenvalue weighted by Gasteiger charge is -2.24. The number of primary amides is 1. The maximum atomic E-state index is 13.0. The van der Waals surface area contributed by atoms with Crippen molar-refractivity contribution >= 4 is 17.5 Å². The molecule has 1 amide bonds. The third-order valence-corrected chi connectivity index (χ3v) is 7.66. The van der Waals surface area contributed by atoms with Crippen LogP contribution in [-0.4, -0.2) is 52.1 Å². The summed E-state index contributed by atoms with van der Waals surface area (Å²) in [7, 11) is 1.62. The number of carbonyl (C=O) groups excluding carboxylic acids is 1. The van der Waals surface area contributed by atoms with E-state index in [1.807, 2.05) is 29.0 Å². The Morgan fingerprint density at radius 2 is 1.79 bits per heavy atom. The molecule has 0 spiro atoms. The van der Waals surface area contributed by atoms with E-state index in [0.717, 1.165) is 78.8 Å². The first-order chi connectivity index (χ1) is 18.8. The number of aryl methyl sites for hydroxylation is 2.